The minimum atomic E-state index is 0.630. The van der Waals surface area contributed by atoms with Crippen LogP contribution in [0.4, 0.5) is 0 Å². The Labute approximate surface area is 76.3 Å². The minimum Gasteiger partial charge on any atom is -0.315 e. The van der Waals surface area contributed by atoms with Crippen molar-refractivity contribution in [3.05, 3.63) is 0 Å². The van der Waals surface area contributed by atoms with Crippen LogP contribution in [0.15, 0.2) is 0 Å². The molecule has 72 valence electrons. The van der Waals surface area contributed by atoms with E-state index in [0.717, 1.165) is 19.0 Å². The van der Waals surface area contributed by atoms with Crippen LogP contribution >= 0.6 is 0 Å². The Bertz CT molecular complexity index is 141. The molecule has 0 radical (unpaired) electrons. The maximum atomic E-state index is 3.49. The second-order valence-electron chi connectivity index (χ2n) is 4.90. The van der Waals surface area contributed by atoms with E-state index < -0.39 is 0 Å². The smallest absolute Gasteiger partial charge is 0.0101 e. The zero-order valence-electron chi connectivity index (χ0n) is 8.85. The van der Waals surface area contributed by atoms with Crippen LogP contribution in [-0.4, -0.2) is 38.6 Å². The molecule has 1 atom stereocenters. The molecule has 0 aromatic rings. The van der Waals surface area contributed by atoms with E-state index in [9.17, 15) is 0 Å². The zero-order valence-corrected chi connectivity index (χ0v) is 8.85. The largest absolute Gasteiger partial charge is 0.315 e. The lowest BCUT2D eigenvalue weighted by molar-refractivity contribution is 0.394. The second kappa shape index (κ2) is 3.75. The van der Waals surface area contributed by atoms with Gasteiger partial charge in [-0.2, -0.15) is 0 Å². The monoisotopic (exact) mass is 170 g/mol. The summed E-state index contributed by atoms with van der Waals surface area (Å²) < 4.78 is 0. The molecule has 2 heteroatoms. The van der Waals surface area contributed by atoms with Crippen LogP contribution < -0.4 is 5.32 Å². The van der Waals surface area contributed by atoms with Gasteiger partial charge in [-0.15, -0.1) is 0 Å². The second-order valence-corrected chi connectivity index (χ2v) is 4.90. The summed E-state index contributed by atoms with van der Waals surface area (Å²) in [6, 6.07) is 0. The molecule has 0 aromatic carbocycles. The lowest BCUT2D eigenvalue weighted by Gasteiger charge is -2.10. The molecule has 1 fully saturated rings. The summed E-state index contributed by atoms with van der Waals surface area (Å²) in [7, 11) is 4.23. The van der Waals surface area contributed by atoms with Crippen molar-refractivity contribution in [3.8, 4) is 0 Å². The third-order valence-electron chi connectivity index (χ3n) is 2.84. The highest BCUT2D eigenvalue weighted by molar-refractivity contribution is 4.95. The summed E-state index contributed by atoms with van der Waals surface area (Å²) in [5.41, 5.74) is 0.630. The summed E-state index contributed by atoms with van der Waals surface area (Å²) in [4.78, 5) is 2.21. The molecule has 2 nitrogen and oxygen atoms in total. The van der Waals surface area contributed by atoms with E-state index >= 15 is 0 Å². The van der Waals surface area contributed by atoms with Gasteiger partial charge in [0.1, 0.15) is 0 Å². The summed E-state index contributed by atoms with van der Waals surface area (Å²) in [6.07, 6.45) is 1.40. The van der Waals surface area contributed by atoms with Gasteiger partial charge >= 0.3 is 0 Å². The zero-order chi connectivity index (χ0) is 9.19. The Morgan fingerprint density at radius 1 is 1.42 bits per heavy atom. The van der Waals surface area contributed by atoms with Crippen LogP contribution in [-0.2, 0) is 0 Å². The minimum absolute atomic E-state index is 0.630. The van der Waals surface area contributed by atoms with E-state index in [2.05, 4.69) is 38.2 Å². The predicted molar refractivity (Wildman–Crippen MR) is 53.3 cm³/mol. The quantitative estimate of drug-likeness (QED) is 0.623. The molecule has 1 rings (SSSR count). The van der Waals surface area contributed by atoms with Gasteiger partial charge in [0.05, 0.1) is 0 Å². The maximum absolute atomic E-state index is 3.49. The first kappa shape index (κ1) is 10.0. The van der Waals surface area contributed by atoms with Crippen LogP contribution in [0.3, 0.4) is 0 Å². The Kier molecular flexibility index (Phi) is 3.13. The standard InChI is InChI=1S/C10H22N2/c1-10(2)7-9(10)8-11-5-6-12(3)4/h9,11H,5-8H2,1-4H3. The number of rotatable bonds is 5. The molecule has 1 aliphatic carbocycles. The molecule has 0 aromatic heterocycles. The fourth-order valence-corrected chi connectivity index (χ4v) is 1.50. The van der Waals surface area contributed by atoms with E-state index in [1.165, 1.54) is 13.0 Å². The van der Waals surface area contributed by atoms with Crippen LogP contribution in [0.25, 0.3) is 0 Å². The van der Waals surface area contributed by atoms with Gasteiger partial charge in [0, 0.05) is 13.1 Å². The predicted octanol–water partition coefficient (Wildman–Crippen LogP) is 1.18. The Hall–Kier alpha value is -0.0800. The lowest BCUT2D eigenvalue weighted by atomic mass is 10.1. The van der Waals surface area contributed by atoms with Gasteiger partial charge in [-0.1, -0.05) is 13.8 Å². The average Bonchev–Trinajstić information content (AvgIpc) is 2.51. The summed E-state index contributed by atoms with van der Waals surface area (Å²) in [5.74, 6) is 0.930. The van der Waals surface area contributed by atoms with Crippen molar-refractivity contribution in [2.24, 2.45) is 11.3 Å². The van der Waals surface area contributed by atoms with Crippen molar-refractivity contribution >= 4 is 0 Å². The summed E-state index contributed by atoms with van der Waals surface area (Å²) >= 11 is 0. The Morgan fingerprint density at radius 3 is 2.42 bits per heavy atom. The van der Waals surface area contributed by atoms with Crippen LogP contribution in [0.5, 0.6) is 0 Å². The molecule has 1 N–H and O–H groups in total. The van der Waals surface area contributed by atoms with Crippen molar-refractivity contribution in [2.45, 2.75) is 20.3 Å². The Balaban J connectivity index is 1.91. The van der Waals surface area contributed by atoms with Gasteiger partial charge in [0.2, 0.25) is 0 Å². The molecule has 0 amide bonds. The molecule has 0 bridgehead atoms. The van der Waals surface area contributed by atoms with Crippen molar-refractivity contribution in [1.82, 2.24) is 10.2 Å². The lowest BCUT2D eigenvalue weighted by Crippen LogP contribution is -2.28. The van der Waals surface area contributed by atoms with E-state index in [1.54, 1.807) is 0 Å². The molecule has 1 saturated carbocycles. The molecule has 12 heavy (non-hydrogen) atoms. The molecule has 0 spiro atoms. The number of nitrogens with one attached hydrogen (secondary N) is 1. The molecule has 0 saturated heterocycles. The highest BCUT2D eigenvalue weighted by atomic mass is 15.1. The highest BCUT2D eigenvalue weighted by Gasteiger charge is 2.44. The average molecular weight is 170 g/mol. The molecule has 0 heterocycles. The SMILES string of the molecule is CN(C)CCNCC1CC1(C)C. The van der Waals surface area contributed by atoms with E-state index in [4.69, 9.17) is 0 Å². The Morgan fingerprint density at radius 2 is 2.00 bits per heavy atom. The van der Waals surface area contributed by atoms with Crippen molar-refractivity contribution in [2.75, 3.05) is 33.7 Å². The van der Waals surface area contributed by atoms with E-state index in [0.29, 0.717) is 5.41 Å². The number of likely N-dealkylation sites (N-methyl/N-ethyl adjacent to an activating group) is 1. The number of hydrogen-bond donors (Lipinski definition) is 1. The molecular formula is C10H22N2. The van der Waals surface area contributed by atoms with Gasteiger partial charge < -0.3 is 10.2 Å². The molecule has 1 unspecified atom stereocenters. The fraction of sp³-hybridized carbons (Fsp3) is 1.00. The fourth-order valence-electron chi connectivity index (χ4n) is 1.50. The first-order valence-corrected chi connectivity index (χ1v) is 4.88. The van der Waals surface area contributed by atoms with Gasteiger partial charge in [-0.25, -0.2) is 0 Å². The van der Waals surface area contributed by atoms with Gasteiger partial charge in [-0.3, -0.25) is 0 Å². The third-order valence-corrected chi connectivity index (χ3v) is 2.84. The van der Waals surface area contributed by atoms with Crippen molar-refractivity contribution in [3.63, 3.8) is 0 Å². The maximum Gasteiger partial charge on any atom is 0.0101 e. The van der Waals surface area contributed by atoms with Gasteiger partial charge in [0.15, 0.2) is 0 Å². The molecule has 1 aliphatic rings. The third kappa shape index (κ3) is 3.11. The first-order chi connectivity index (χ1) is 5.52. The van der Waals surface area contributed by atoms with E-state index in [1.807, 2.05) is 0 Å². The topological polar surface area (TPSA) is 15.3 Å². The highest BCUT2D eigenvalue weighted by Crippen LogP contribution is 2.50. The normalized spacial score (nSPS) is 26.2. The van der Waals surface area contributed by atoms with Crippen LogP contribution in [0.2, 0.25) is 0 Å². The molecular weight excluding hydrogens is 148 g/mol. The van der Waals surface area contributed by atoms with Crippen LogP contribution in [0.1, 0.15) is 20.3 Å². The van der Waals surface area contributed by atoms with Crippen molar-refractivity contribution < 1.29 is 0 Å². The van der Waals surface area contributed by atoms with Gasteiger partial charge in [0.25, 0.3) is 0 Å². The van der Waals surface area contributed by atoms with Crippen LogP contribution in [0, 0.1) is 11.3 Å². The van der Waals surface area contributed by atoms with Crippen molar-refractivity contribution in [1.29, 1.82) is 0 Å². The molecule has 0 aliphatic heterocycles. The summed E-state index contributed by atoms with van der Waals surface area (Å²) in [6.45, 7) is 8.18. The summed E-state index contributed by atoms with van der Waals surface area (Å²) in [5, 5.41) is 3.49. The van der Waals surface area contributed by atoms with E-state index in [-0.39, 0.29) is 0 Å². The van der Waals surface area contributed by atoms with Gasteiger partial charge in [-0.05, 0) is 38.4 Å². The number of hydrogen-bond acceptors (Lipinski definition) is 2. The number of nitrogens with zero attached hydrogens (tertiary/aromatic N) is 1. The first-order valence-electron chi connectivity index (χ1n) is 4.88.